The first-order valence-corrected chi connectivity index (χ1v) is 3.45. The maximum atomic E-state index is 10.1. The number of rotatable bonds is 2. The van der Waals surface area contributed by atoms with Gasteiger partial charge in [-0.1, -0.05) is 13.2 Å². The molecule has 0 radical (unpaired) electrons. The lowest BCUT2D eigenvalue weighted by Gasteiger charge is -1.80. The molecule has 1 N–H and O–H groups in total. The van der Waals surface area contributed by atoms with Gasteiger partial charge in [0.1, 0.15) is 0 Å². The normalized spacial score (nSPS) is 14.0. The van der Waals surface area contributed by atoms with Crippen molar-refractivity contribution in [2.24, 2.45) is 0 Å². The highest BCUT2D eigenvalue weighted by Gasteiger charge is 2.05. The molecule has 11 heavy (non-hydrogen) atoms. The van der Waals surface area contributed by atoms with E-state index < -0.39 is 0 Å². The fraction of sp³-hybridized carbons (Fsp3) is 0.375. The van der Waals surface area contributed by atoms with Gasteiger partial charge in [-0.2, -0.15) is 0 Å². The van der Waals surface area contributed by atoms with E-state index in [0.29, 0.717) is 0 Å². The second-order valence-corrected chi connectivity index (χ2v) is 1.92. The van der Waals surface area contributed by atoms with Crippen LogP contribution in [0.1, 0.15) is 12.8 Å². The third kappa shape index (κ3) is 6.64. The SMILES string of the molecule is C=COC=C.O=C1CCCN1. The number of ether oxygens (including phenoxy) is 1. The summed E-state index contributed by atoms with van der Waals surface area (Å²) in [5.74, 6) is 0.204. The van der Waals surface area contributed by atoms with Crippen molar-refractivity contribution in [3.8, 4) is 0 Å². The average Bonchev–Trinajstić information content (AvgIpc) is 2.43. The zero-order valence-electron chi connectivity index (χ0n) is 6.51. The van der Waals surface area contributed by atoms with Crippen LogP contribution in [0.4, 0.5) is 0 Å². The molecule has 0 aliphatic carbocycles. The van der Waals surface area contributed by atoms with E-state index in [9.17, 15) is 4.79 Å². The lowest BCUT2D eigenvalue weighted by molar-refractivity contribution is -0.119. The Labute approximate surface area is 66.7 Å². The van der Waals surface area contributed by atoms with Gasteiger partial charge < -0.3 is 10.1 Å². The first-order valence-electron chi connectivity index (χ1n) is 3.45. The van der Waals surface area contributed by atoms with Gasteiger partial charge in [0.05, 0.1) is 12.5 Å². The number of carbonyl (C=O) groups is 1. The fourth-order valence-electron chi connectivity index (χ4n) is 0.633. The molecule has 62 valence electrons. The molecule has 1 aliphatic rings. The molecule has 1 fully saturated rings. The molecular weight excluding hydrogens is 142 g/mol. The van der Waals surface area contributed by atoms with Crippen LogP contribution in [0.2, 0.25) is 0 Å². The molecule has 0 unspecified atom stereocenters. The Hall–Kier alpha value is -1.25. The van der Waals surface area contributed by atoms with E-state index in [1.165, 1.54) is 12.5 Å². The largest absolute Gasteiger partial charge is 0.474 e. The van der Waals surface area contributed by atoms with Gasteiger partial charge in [0.25, 0.3) is 0 Å². The van der Waals surface area contributed by atoms with Crippen LogP contribution < -0.4 is 5.32 Å². The third-order valence-electron chi connectivity index (χ3n) is 1.10. The molecule has 1 heterocycles. The van der Waals surface area contributed by atoms with Crippen molar-refractivity contribution < 1.29 is 9.53 Å². The van der Waals surface area contributed by atoms with Crippen LogP contribution in [0.25, 0.3) is 0 Å². The highest BCUT2D eigenvalue weighted by molar-refractivity contribution is 5.77. The Morgan fingerprint density at radius 1 is 1.45 bits per heavy atom. The maximum absolute atomic E-state index is 10.1. The minimum absolute atomic E-state index is 0.204. The Morgan fingerprint density at radius 2 is 2.09 bits per heavy atom. The summed E-state index contributed by atoms with van der Waals surface area (Å²) in [5.41, 5.74) is 0. The van der Waals surface area contributed by atoms with Gasteiger partial charge in [-0.25, -0.2) is 0 Å². The zero-order valence-corrected chi connectivity index (χ0v) is 6.51. The van der Waals surface area contributed by atoms with Crippen molar-refractivity contribution in [1.29, 1.82) is 0 Å². The van der Waals surface area contributed by atoms with E-state index >= 15 is 0 Å². The van der Waals surface area contributed by atoms with Crippen LogP contribution in [0.5, 0.6) is 0 Å². The Balaban J connectivity index is 0.000000187. The van der Waals surface area contributed by atoms with Crippen molar-refractivity contribution in [3.63, 3.8) is 0 Å². The molecule has 3 nitrogen and oxygen atoms in total. The van der Waals surface area contributed by atoms with E-state index in [2.05, 4.69) is 23.2 Å². The summed E-state index contributed by atoms with van der Waals surface area (Å²) in [6.45, 7) is 7.40. The molecule has 0 aromatic rings. The minimum Gasteiger partial charge on any atom is -0.474 e. The highest BCUT2D eigenvalue weighted by Crippen LogP contribution is 1.93. The molecule has 1 amide bonds. The van der Waals surface area contributed by atoms with Crippen LogP contribution in [0.3, 0.4) is 0 Å². The predicted molar refractivity (Wildman–Crippen MR) is 43.7 cm³/mol. The maximum Gasteiger partial charge on any atom is 0.220 e. The third-order valence-corrected chi connectivity index (χ3v) is 1.10. The topological polar surface area (TPSA) is 38.3 Å². The van der Waals surface area contributed by atoms with Crippen molar-refractivity contribution in [2.75, 3.05) is 6.54 Å². The highest BCUT2D eigenvalue weighted by atomic mass is 16.5. The molecule has 0 spiro atoms. The fourth-order valence-corrected chi connectivity index (χ4v) is 0.633. The van der Waals surface area contributed by atoms with E-state index in [1.54, 1.807) is 0 Å². The van der Waals surface area contributed by atoms with E-state index in [4.69, 9.17) is 0 Å². The summed E-state index contributed by atoms with van der Waals surface area (Å²) in [7, 11) is 0. The lowest BCUT2D eigenvalue weighted by Crippen LogP contribution is -2.12. The first-order chi connectivity index (χ1) is 5.31. The Kier molecular flexibility index (Phi) is 6.08. The summed E-state index contributed by atoms with van der Waals surface area (Å²) < 4.78 is 4.36. The lowest BCUT2D eigenvalue weighted by atomic mass is 10.4. The molecule has 0 bridgehead atoms. The molecule has 0 aromatic carbocycles. The second kappa shape index (κ2) is 6.86. The van der Waals surface area contributed by atoms with Crippen LogP contribution >= 0.6 is 0 Å². The number of carbonyl (C=O) groups excluding carboxylic acids is 1. The van der Waals surface area contributed by atoms with Gasteiger partial charge >= 0.3 is 0 Å². The first kappa shape index (κ1) is 9.75. The number of amides is 1. The zero-order chi connectivity index (χ0) is 8.53. The Morgan fingerprint density at radius 3 is 2.18 bits per heavy atom. The molecule has 1 saturated heterocycles. The van der Waals surface area contributed by atoms with Gasteiger partial charge in [0, 0.05) is 13.0 Å². The van der Waals surface area contributed by atoms with Crippen molar-refractivity contribution in [1.82, 2.24) is 5.32 Å². The van der Waals surface area contributed by atoms with E-state index in [-0.39, 0.29) is 5.91 Å². The van der Waals surface area contributed by atoms with Gasteiger partial charge in [0.2, 0.25) is 5.91 Å². The van der Waals surface area contributed by atoms with Gasteiger partial charge in [-0.05, 0) is 6.42 Å². The average molecular weight is 155 g/mol. The monoisotopic (exact) mass is 155 g/mol. The van der Waals surface area contributed by atoms with Crippen LogP contribution in [0.15, 0.2) is 25.7 Å². The Bertz CT molecular complexity index is 129. The molecule has 0 aromatic heterocycles. The van der Waals surface area contributed by atoms with Crippen LogP contribution in [-0.2, 0) is 9.53 Å². The predicted octanol–water partition coefficient (Wildman–Crippen LogP) is 1.19. The second-order valence-electron chi connectivity index (χ2n) is 1.92. The summed E-state index contributed by atoms with van der Waals surface area (Å²) in [6.07, 6.45) is 4.39. The summed E-state index contributed by atoms with van der Waals surface area (Å²) in [4.78, 5) is 10.1. The van der Waals surface area contributed by atoms with Gasteiger partial charge in [-0.3, -0.25) is 4.79 Å². The summed E-state index contributed by atoms with van der Waals surface area (Å²) in [5, 5.41) is 2.68. The smallest absolute Gasteiger partial charge is 0.220 e. The molecule has 1 rings (SSSR count). The number of hydrogen-bond donors (Lipinski definition) is 1. The van der Waals surface area contributed by atoms with Crippen molar-refractivity contribution >= 4 is 5.91 Å². The van der Waals surface area contributed by atoms with Crippen LogP contribution in [0, 0.1) is 0 Å². The molecule has 0 saturated carbocycles. The van der Waals surface area contributed by atoms with Crippen LogP contribution in [-0.4, -0.2) is 12.5 Å². The molecule has 1 aliphatic heterocycles. The number of nitrogens with one attached hydrogen (secondary N) is 1. The summed E-state index contributed by atoms with van der Waals surface area (Å²) >= 11 is 0. The van der Waals surface area contributed by atoms with Gasteiger partial charge in [-0.15, -0.1) is 0 Å². The quantitative estimate of drug-likeness (QED) is 0.608. The minimum atomic E-state index is 0.204. The van der Waals surface area contributed by atoms with Crippen molar-refractivity contribution in [3.05, 3.63) is 25.7 Å². The standard InChI is InChI=1S/C4H7NO.C4H6O/c6-4-2-1-3-5-4;1-3-5-4-2/h1-3H2,(H,5,6);3-4H,1-2H2. The molecular formula is C8H13NO2. The molecule has 0 atom stereocenters. The number of hydrogen-bond acceptors (Lipinski definition) is 2. The van der Waals surface area contributed by atoms with E-state index in [0.717, 1.165) is 19.4 Å². The van der Waals surface area contributed by atoms with Crippen molar-refractivity contribution in [2.45, 2.75) is 12.8 Å². The van der Waals surface area contributed by atoms with Gasteiger partial charge in [0.15, 0.2) is 0 Å². The molecule has 3 heteroatoms. The summed E-state index contributed by atoms with van der Waals surface area (Å²) in [6, 6.07) is 0. The van der Waals surface area contributed by atoms with E-state index in [1.807, 2.05) is 0 Å².